The van der Waals surface area contributed by atoms with E-state index in [0.717, 1.165) is 6.42 Å². The van der Waals surface area contributed by atoms with Gasteiger partial charge >= 0.3 is 0 Å². The van der Waals surface area contributed by atoms with Crippen LogP contribution in [0.4, 0.5) is 11.4 Å². The molecule has 0 heterocycles. The minimum absolute atomic E-state index is 0.0626. The third-order valence-corrected chi connectivity index (χ3v) is 3.66. The third kappa shape index (κ3) is 4.49. The molecule has 0 saturated carbocycles. The van der Waals surface area contributed by atoms with Gasteiger partial charge in [0.25, 0.3) is 5.91 Å². The van der Waals surface area contributed by atoms with E-state index in [4.69, 9.17) is 16.3 Å². The van der Waals surface area contributed by atoms with Gasteiger partial charge in [0.05, 0.1) is 23.4 Å². The van der Waals surface area contributed by atoms with Crippen LogP contribution in [0.1, 0.15) is 30.1 Å². The van der Waals surface area contributed by atoms with E-state index < -0.39 is 0 Å². The number of rotatable bonds is 6. The standard InChI is InChI=1S/C18H19ClN2O3/c1-3-6-17(22)20-12-9-10-15(16(11-12)24-2)21-18(23)13-7-4-5-8-14(13)19/h4-5,7-11H,3,6H2,1-2H3,(H,20,22)(H,21,23). The van der Waals surface area contributed by atoms with Crippen LogP contribution in [0.3, 0.4) is 0 Å². The van der Waals surface area contributed by atoms with Gasteiger partial charge in [-0.3, -0.25) is 9.59 Å². The van der Waals surface area contributed by atoms with Crippen molar-refractivity contribution in [3.63, 3.8) is 0 Å². The molecule has 0 unspecified atom stereocenters. The van der Waals surface area contributed by atoms with Gasteiger partial charge in [-0.2, -0.15) is 0 Å². The molecule has 6 heteroatoms. The van der Waals surface area contributed by atoms with Crippen LogP contribution in [-0.4, -0.2) is 18.9 Å². The summed E-state index contributed by atoms with van der Waals surface area (Å²) in [6.45, 7) is 1.94. The van der Waals surface area contributed by atoms with Crippen molar-refractivity contribution in [2.75, 3.05) is 17.7 Å². The molecule has 0 aromatic heterocycles. The van der Waals surface area contributed by atoms with Crippen LogP contribution >= 0.6 is 11.6 Å². The van der Waals surface area contributed by atoms with Gasteiger partial charge in [-0.25, -0.2) is 0 Å². The summed E-state index contributed by atoms with van der Waals surface area (Å²) in [5, 5.41) is 5.92. The lowest BCUT2D eigenvalue weighted by Gasteiger charge is -2.13. The first-order valence-electron chi connectivity index (χ1n) is 7.59. The van der Waals surface area contributed by atoms with Crippen LogP contribution < -0.4 is 15.4 Å². The van der Waals surface area contributed by atoms with E-state index in [1.807, 2.05) is 6.92 Å². The molecule has 0 fully saturated rings. The molecule has 2 aromatic carbocycles. The summed E-state index contributed by atoms with van der Waals surface area (Å²) in [5.74, 6) is 0.0544. The molecule has 2 amide bonds. The fourth-order valence-electron chi connectivity index (χ4n) is 2.16. The number of carbonyl (C=O) groups is 2. The molecule has 0 atom stereocenters. The summed E-state index contributed by atoms with van der Waals surface area (Å²) in [4.78, 5) is 24.0. The first-order chi connectivity index (χ1) is 11.5. The molecular formula is C18H19ClN2O3. The van der Waals surface area contributed by atoms with E-state index in [1.54, 1.807) is 42.5 Å². The molecule has 0 spiro atoms. The number of benzene rings is 2. The van der Waals surface area contributed by atoms with Gasteiger partial charge < -0.3 is 15.4 Å². The van der Waals surface area contributed by atoms with E-state index in [0.29, 0.717) is 34.1 Å². The highest BCUT2D eigenvalue weighted by molar-refractivity contribution is 6.34. The average Bonchev–Trinajstić information content (AvgIpc) is 2.56. The smallest absolute Gasteiger partial charge is 0.257 e. The summed E-state index contributed by atoms with van der Waals surface area (Å²) in [5.41, 5.74) is 1.48. The highest BCUT2D eigenvalue weighted by Crippen LogP contribution is 2.29. The Kier molecular flexibility index (Phi) is 6.21. The average molecular weight is 347 g/mol. The maximum atomic E-state index is 12.3. The lowest BCUT2D eigenvalue weighted by molar-refractivity contribution is -0.116. The van der Waals surface area contributed by atoms with E-state index in [9.17, 15) is 9.59 Å². The van der Waals surface area contributed by atoms with E-state index in [2.05, 4.69) is 10.6 Å². The molecule has 0 bridgehead atoms. The van der Waals surface area contributed by atoms with Crippen LogP contribution in [-0.2, 0) is 4.79 Å². The number of hydrogen-bond acceptors (Lipinski definition) is 3. The van der Waals surface area contributed by atoms with Crippen LogP contribution in [0.15, 0.2) is 42.5 Å². The number of carbonyl (C=O) groups excluding carboxylic acids is 2. The van der Waals surface area contributed by atoms with Gasteiger partial charge in [0.1, 0.15) is 5.75 Å². The first-order valence-corrected chi connectivity index (χ1v) is 7.96. The minimum atomic E-state index is -0.332. The Balaban J connectivity index is 2.17. The van der Waals surface area contributed by atoms with Gasteiger partial charge in [-0.1, -0.05) is 30.7 Å². The molecule has 24 heavy (non-hydrogen) atoms. The molecule has 0 radical (unpaired) electrons. The number of methoxy groups -OCH3 is 1. The SMILES string of the molecule is CCCC(=O)Nc1ccc(NC(=O)c2ccccc2Cl)c(OC)c1. The number of nitrogens with one attached hydrogen (secondary N) is 2. The Morgan fingerprint density at radius 2 is 1.88 bits per heavy atom. The number of hydrogen-bond donors (Lipinski definition) is 2. The highest BCUT2D eigenvalue weighted by atomic mass is 35.5. The van der Waals surface area contributed by atoms with Crippen molar-refractivity contribution in [2.45, 2.75) is 19.8 Å². The van der Waals surface area contributed by atoms with Crippen molar-refractivity contribution in [3.8, 4) is 5.75 Å². The molecule has 2 rings (SSSR count). The molecular weight excluding hydrogens is 328 g/mol. The Bertz CT molecular complexity index is 747. The second-order valence-corrected chi connectivity index (χ2v) is 5.55. The second kappa shape index (κ2) is 8.36. The van der Waals surface area contributed by atoms with Crippen LogP contribution in [0.2, 0.25) is 5.02 Å². The van der Waals surface area contributed by atoms with E-state index in [1.165, 1.54) is 7.11 Å². The quantitative estimate of drug-likeness (QED) is 0.817. The summed E-state index contributed by atoms with van der Waals surface area (Å²) in [6.07, 6.45) is 1.22. The predicted octanol–water partition coefficient (Wildman–Crippen LogP) is 4.34. The Hall–Kier alpha value is -2.53. The molecule has 2 aromatic rings. The summed E-state index contributed by atoms with van der Waals surface area (Å²) in [6, 6.07) is 11.8. The van der Waals surface area contributed by atoms with Crippen molar-refractivity contribution in [1.82, 2.24) is 0 Å². The van der Waals surface area contributed by atoms with Crippen molar-refractivity contribution in [3.05, 3.63) is 53.1 Å². The molecule has 0 saturated heterocycles. The number of halogens is 1. The van der Waals surface area contributed by atoms with Crippen LogP contribution in [0.25, 0.3) is 0 Å². The predicted molar refractivity (Wildman–Crippen MR) is 95.9 cm³/mol. The monoisotopic (exact) mass is 346 g/mol. The number of ether oxygens (including phenoxy) is 1. The zero-order chi connectivity index (χ0) is 17.5. The van der Waals surface area contributed by atoms with Crippen LogP contribution in [0.5, 0.6) is 5.75 Å². The van der Waals surface area contributed by atoms with Gasteiger partial charge in [-0.15, -0.1) is 0 Å². The van der Waals surface area contributed by atoms with Gasteiger partial charge in [-0.05, 0) is 30.7 Å². The van der Waals surface area contributed by atoms with Crippen LogP contribution in [0, 0.1) is 0 Å². The zero-order valence-electron chi connectivity index (χ0n) is 13.6. The van der Waals surface area contributed by atoms with Gasteiger partial charge in [0.2, 0.25) is 5.91 Å². The van der Waals surface area contributed by atoms with Gasteiger partial charge in [0, 0.05) is 18.2 Å². The topological polar surface area (TPSA) is 67.4 Å². The fraction of sp³-hybridized carbons (Fsp3) is 0.222. The molecule has 0 aliphatic heterocycles. The first kappa shape index (κ1) is 17.8. The molecule has 0 aliphatic rings. The van der Waals surface area contributed by atoms with Crippen molar-refractivity contribution < 1.29 is 14.3 Å². The molecule has 2 N–H and O–H groups in total. The minimum Gasteiger partial charge on any atom is -0.494 e. The lowest BCUT2D eigenvalue weighted by atomic mass is 10.2. The molecule has 126 valence electrons. The maximum absolute atomic E-state index is 12.3. The number of amides is 2. The number of anilines is 2. The Morgan fingerprint density at radius 3 is 2.54 bits per heavy atom. The van der Waals surface area contributed by atoms with Crippen molar-refractivity contribution in [1.29, 1.82) is 0 Å². The largest absolute Gasteiger partial charge is 0.494 e. The Morgan fingerprint density at radius 1 is 1.12 bits per heavy atom. The lowest BCUT2D eigenvalue weighted by Crippen LogP contribution is -2.14. The third-order valence-electron chi connectivity index (χ3n) is 3.33. The van der Waals surface area contributed by atoms with Crippen molar-refractivity contribution >= 4 is 34.8 Å². The normalized spacial score (nSPS) is 10.1. The maximum Gasteiger partial charge on any atom is 0.257 e. The van der Waals surface area contributed by atoms with Gasteiger partial charge in [0.15, 0.2) is 0 Å². The highest BCUT2D eigenvalue weighted by Gasteiger charge is 2.13. The molecule has 5 nitrogen and oxygen atoms in total. The van der Waals surface area contributed by atoms with E-state index in [-0.39, 0.29) is 11.8 Å². The van der Waals surface area contributed by atoms with E-state index >= 15 is 0 Å². The summed E-state index contributed by atoms with van der Waals surface area (Å²) in [7, 11) is 1.50. The summed E-state index contributed by atoms with van der Waals surface area (Å²) >= 11 is 6.03. The summed E-state index contributed by atoms with van der Waals surface area (Å²) < 4.78 is 5.30. The second-order valence-electron chi connectivity index (χ2n) is 5.15. The Labute approximate surface area is 146 Å². The molecule has 0 aliphatic carbocycles. The fourth-order valence-corrected chi connectivity index (χ4v) is 2.38. The van der Waals surface area contributed by atoms with Crippen molar-refractivity contribution in [2.24, 2.45) is 0 Å². The zero-order valence-corrected chi connectivity index (χ0v) is 14.3.